The molecule has 0 aromatic heterocycles. The summed E-state index contributed by atoms with van der Waals surface area (Å²) < 4.78 is 31.4. The van der Waals surface area contributed by atoms with Gasteiger partial charge < -0.3 is 4.74 Å². The van der Waals surface area contributed by atoms with Crippen LogP contribution in [0.3, 0.4) is 0 Å². The fourth-order valence-electron chi connectivity index (χ4n) is 1.97. The highest BCUT2D eigenvalue weighted by molar-refractivity contribution is 9.10. The number of hydrogen-bond acceptors (Lipinski definition) is 4. The maximum Gasteiger partial charge on any atom is 0.343 e. The van der Waals surface area contributed by atoms with Gasteiger partial charge in [0.2, 0.25) is 10.0 Å². The zero-order valence-electron chi connectivity index (χ0n) is 13.8. The summed E-state index contributed by atoms with van der Waals surface area (Å²) in [7, 11) is -0.805. The van der Waals surface area contributed by atoms with Gasteiger partial charge in [0.15, 0.2) is 0 Å². The maximum absolute atomic E-state index is 12.3. The number of sulfonamides is 1. The molecule has 24 heavy (non-hydrogen) atoms. The first kappa shape index (κ1) is 18.6. The molecule has 5 nitrogen and oxygen atoms in total. The van der Waals surface area contributed by atoms with Crippen LogP contribution in [0.4, 0.5) is 0 Å². The SMILES string of the molecule is Cc1ccc(OC(=O)c2ccc(Br)c(S(=O)(=O)N(C)C)c2)cc1C. The van der Waals surface area contributed by atoms with Crippen molar-refractivity contribution in [2.24, 2.45) is 0 Å². The fourth-order valence-corrected chi connectivity index (χ4v) is 3.81. The third-order valence-corrected chi connectivity index (χ3v) is 6.42. The van der Waals surface area contributed by atoms with Crippen LogP contribution in [0.5, 0.6) is 5.75 Å². The van der Waals surface area contributed by atoms with E-state index in [-0.39, 0.29) is 10.5 Å². The highest BCUT2D eigenvalue weighted by atomic mass is 79.9. The number of aryl methyl sites for hydroxylation is 2. The Labute approximate surface area is 150 Å². The number of esters is 1. The highest BCUT2D eigenvalue weighted by Crippen LogP contribution is 2.26. The molecule has 0 aliphatic heterocycles. The second kappa shape index (κ2) is 7.04. The van der Waals surface area contributed by atoms with Crippen molar-refractivity contribution in [1.82, 2.24) is 4.31 Å². The largest absolute Gasteiger partial charge is 0.423 e. The first-order chi connectivity index (χ1) is 11.1. The Morgan fingerprint density at radius 2 is 1.71 bits per heavy atom. The molecule has 0 fully saturated rings. The molecule has 2 rings (SSSR count). The third-order valence-electron chi connectivity index (χ3n) is 3.61. The van der Waals surface area contributed by atoms with Crippen molar-refractivity contribution in [3.8, 4) is 5.75 Å². The van der Waals surface area contributed by atoms with Crippen molar-refractivity contribution < 1.29 is 17.9 Å². The number of carbonyl (C=O) groups is 1. The van der Waals surface area contributed by atoms with Gasteiger partial charge in [-0.05, 0) is 71.2 Å². The molecular formula is C17H18BrNO4S. The van der Waals surface area contributed by atoms with Gasteiger partial charge in [-0.3, -0.25) is 0 Å². The van der Waals surface area contributed by atoms with E-state index < -0.39 is 16.0 Å². The Morgan fingerprint density at radius 3 is 2.29 bits per heavy atom. The van der Waals surface area contributed by atoms with E-state index >= 15 is 0 Å². The molecule has 0 heterocycles. The van der Waals surface area contributed by atoms with Crippen LogP contribution in [0.15, 0.2) is 45.8 Å². The molecule has 0 aliphatic rings. The smallest absolute Gasteiger partial charge is 0.343 e. The van der Waals surface area contributed by atoms with Crippen molar-refractivity contribution >= 4 is 31.9 Å². The summed E-state index contributed by atoms with van der Waals surface area (Å²) in [5, 5.41) is 0. The van der Waals surface area contributed by atoms with Crippen LogP contribution in [-0.4, -0.2) is 32.8 Å². The summed E-state index contributed by atoms with van der Waals surface area (Å²) >= 11 is 3.21. The van der Waals surface area contributed by atoms with Crippen LogP contribution in [0, 0.1) is 13.8 Å². The van der Waals surface area contributed by atoms with E-state index in [0.717, 1.165) is 15.4 Å². The third kappa shape index (κ3) is 3.85. The van der Waals surface area contributed by atoms with Crippen molar-refractivity contribution in [2.75, 3.05) is 14.1 Å². The summed E-state index contributed by atoms with van der Waals surface area (Å²) in [6.07, 6.45) is 0. The lowest BCUT2D eigenvalue weighted by molar-refractivity contribution is 0.0734. The molecular weight excluding hydrogens is 394 g/mol. The Hall–Kier alpha value is -1.70. The highest BCUT2D eigenvalue weighted by Gasteiger charge is 2.22. The number of hydrogen-bond donors (Lipinski definition) is 0. The Morgan fingerprint density at radius 1 is 1.04 bits per heavy atom. The molecule has 0 amide bonds. The van der Waals surface area contributed by atoms with E-state index in [2.05, 4.69) is 15.9 Å². The first-order valence-corrected chi connectivity index (χ1v) is 9.37. The van der Waals surface area contributed by atoms with Gasteiger partial charge in [0, 0.05) is 18.6 Å². The van der Waals surface area contributed by atoms with Crippen LogP contribution in [0.1, 0.15) is 21.5 Å². The van der Waals surface area contributed by atoms with Crippen LogP contribution in [0.25, 0.3) is 0 Å². The molecule has 0 atom stereocenters. The zero-order chi connectivity index (χ0) is 18.1. The fraction of sp³-hybridized carbons (Fsp3) is 0.235. The van der Waals surface area contributed by atoms with E-state index in [0.29, 0.717) is 10.2 Å². The molecule has 7 heteroatoms. The monoisotopic (exact) mass is 411 g/mol. The standard InChI is InChI=1S/C17H18BrNO4S/c1-11-5-7-14(9-12(11)2)23-17(20)13-6-8-15(18)16(10-13)24(21,22)19(3)4/h5-10H,1-4H3. The molecule has 128 valence electrons. The number of benzene rings is 2. The minimum absolute atomic E-state index is 0.0158. The predicted molar refractivity (Wildman–Crippen MR) is 95.9 cm³/mol. The average Bonchev–Trinajstić information content (AvgIpc) is 2.51. The average molecular weight is 412 g/mol. The molecule has 0 radical (unpaired) electrons. The molecule has 0 spiro atoms. The molecule has 2 aromatic rings. The number of carbonyl (C=O) groups excluding carboxylic acids is 1. The summed E-state index contributed by atoms with van der Waals surface area (Å²) in [6.45, 7) is 3.89. The van der Waals surface area contributed by atoms with Gasteiger partial charge >= 0.3 is 5.97 Å². The molecule has 0 bridgehead atoms. The number of ether oxygens (including phenoxy) is 1. The number of rotatable bonds is 4. The molecule has 2 aromatic carbocycles. The lowest BCUT2D eigenvalue weighted by Crippen LogP contribution is -2.23. The molecule has 0 N–H and O–H groups in total. The van der Waals surface area contributed by atoms with Crippen molar-refractivity contribution in [2.45, 2.75) is 18.7 Å². The summed E-state index contributed by atoms with van der Waals surface area (Å²) in [5.41, 5.74) is 2.27. The minimum atomic E-state index is -3.67. The van der Waals surface area contributed by atoms with Gasteiger partial charge in [-0.1, -0.05) is 6.07 Å². The van der Waals surface area contributed by atoms with Crippen molar-refractivity contribution in [3.05, 3.63) is 57.6 Å². The van der Waals surface area contributed by atoms with Crippen LogP contribution >= 0.6 is 15.9 Å². The topological polar surface area (TPSA) is 63.7 Å². The van der Waals surface area contributed by atoms with E-state index in [4.69, 9.17) is 4.74 Å². The Balaban J connectivity index is 2.35. The zero-order valence-corrected chi connectivity index (χ0v) is 16.2. The molecule has 0 aliphatic carbocycles. The predicted octanol–water partition coefficient (Wildman–Crippen LogP) is 3.54. The van der Waals surface area contributed by atoms with Gasteiger partial charge in [0.1, 0.15) is 5.75 Å². The van der Waals surface area contributed by atoms with Gasteiger partial charge in [0.05, 0.1) is 10.5 Å². The van der Waals surface area contributed by atoms with Gasteiger partial charge in [-0.25, -0.2) is 17.5 Å². The van der Waals surface area contributed by atoms with Gasteiger partial charge in [-0.2, -0.15) is 0 Å². The second-order valence-electron chi connectivity index (χ2n) is 5.57. The lowest BCUT2D eigenvalue weighted by Gasteiger charge is -2.14. The molecule has 0 unspecified atom stereocenters. The van der Waals surface area contributed by atoms with Gasteiger partial charge in [0.25, 0.3) is 0 Å². The minimum Gasteiger partial charge on any atom is -0.423 e. The van der Waals surface area contributed by atoms with Crippen LogP contribution < -0.4 is 4.74 Å². The van der Waals surface area contributed by atoms with Crippen molar-refractivity contribution in [1.29, 1.82) is 0 Å². The summed E-state index contributed by atoms with van der Waals surface area (Å²) in [5.74, 6) is -0.191. The summed E-state index contributed by atoms with van der Waals surface area (Å²) in [6, 6.07) is 9.68. The first-order valence-electron chi connectivity index (χ1n) is 7.14. The van der Waals surface area contributed by atoms with Crippen LogP contribution in [0.2, 0.25) is 0 Å². The molecule has 0 saturated heterocycles. The van der Waals surface area contributed by atoms with Crippen LogP contribution in [-0.2, 0) is 10.0 Å². The number of halogens is 1. The van der Waals surface area contributed by atoms with Crippen molar-refractivity contribution in [3.63, 3.8) is 0 Å². The van der Waals surface area contributed by atoms with Gasteiger partial charge in [-0.15, -0.1) is 0 Å². The quantitative estimate of drug-likeness (QED) is 0.569. The molecule has 0 saturated carbocycles. The Bertz CT molecular complexity index is 891. The van der Waals surface area contributed by atoms with E-state index in [1.807, 2.05) is 19.9 Å². The van der Waals surface area contributed by atoms with E-state index in [9.17, 15) is 13.2 Å². The second-order valence-corrected chi connectivity index (χ2v) is 8.54. The maximum atomic E-state index is 12.3. The number of nitrogens with zero attached hydrogens (tertiary/aromatic N) is 1. The lowest BCUT2D eigenvalue weighted by atomic mass is 10.1. The normalized spacial score (nSPS) is 11.6. The summed E-state index contributed by atoms with van der Waals surface area (Å²) in [4.78, 5) is 12.3. The van der Waals surface area contributed by atoms with E-state index in [1.165, 1.54) is 32.3 Å². The van der Waals surface area contributed by atoms with E-state index in [1.54, 1.807) is 12.1 Å². The Kier molecular flexibility index (Phi) is 5.47.